The molecule has 2 aromatic rings. The van der Waals surface area contributed by atoms with E-state index in [2.05, 4.69) is 25.6 Å². The van der Waals surface area contributed by atoms with E-state index in [0.717, 1.165) is 0 Å². The van der Waals surface area contributed by atoms with Gasteiger partial charge in [-0.3, -0.25) is 19.1 Å². The standard InChI is InChI=1S/C39H51F3N6O9S/c1-6-23-18-22(3)12-8-9-13-24-20-38(24,35(51)47-58(53,54)26-16-17-26)44-31(49)29-19-25(56-33-28-15-11-10-14-27(28)32(45-46-33)55-7-2)21-48(29)34(50)30(23)43-36(52)57-37(4,5)39(40,41)42/h9-11,13-15,22-26,29-30H,6-8,12,16-21H2,1-5H3,(H,43,52)(H,44,49)(H,47,51)/b13-9-/t22-,23-,24-,25-,29+,30+,38-/m1/s1. The number of nitrogens with zero attached hydrogens (tertiary/aromatic N) is 3. The molecule has 15 nitrogen and oxygen atoms in total. The number of ether oxygens (including phenoxy) is 3. The molecule has 58 heavy (non-hydrogen) atoms. The fourth-order valence-electron chi connectivity index (χ4n) is 7.71. The van der Waals surface area contributed by atoms with Crippen LogP contribution in [0.25, 0.3) is 10.8 Å². The Balaban J connectivity index is 1.37. The normalized spacial score (nSPS) is 28.9. The van der Waals surface area contributed by atoms with Crippen LogP contribution in [0.4, 0.5) is 18.0 Å². The molecule has 2 aliphatic heterocycles. The number of aromatic nitrogens is 2. The maximum absolute atomic E-state index is 14.9. The third kappa shape index (κ3) is 9.13. The highest BCUT2D eigenvalue weighted by Crippen LogP contribution is 2.46. The van der Waals surface area contributed by atoms with Gasteiger partial charge < -0.3 is 29.7 Å². The number of alkyl carbamates (subject to hydrolysis) is 1. The molecule has 1 saturated heterocycles. The number of carbonyl (C=O) groups is 4. The molecule has 3 N–H and O–H groups in total. The van der Waals surface area contributed by atoms with Gasteiger partial charge in [-0.2, -0.15) is 13.2 Å². The van der Waals surface area contributed by atoms with Gasteiger partial charge in [-0.25, -0.2) is 13.2 Å². The summed E-state index contributed by atoms with van der Waals surface area (Å²) in [6.45, 7) is 7.03. The number of fused-ring (bicyclic) bond motifs is 3. The lowest BCUT2D eigenvalue weighted by Crippen LogP contribution is -2.59. The summed E-state index contributed by atoms with van der Waals surface area (Å²) >= 11 is 0. The fraction of sp³-hybridized carbons (Fsp3) is 0.641. The largest absolute Gasteiger partial charge is 0.476 e. The van der Waals surface area contributed by atoms with Gasteiger partial charge in [0.1, 0.15) is 23.7 Å². The summed E-state index contributed by atoms with van der Waals surface area (Å²) in [6, 6.07) is 4.30. The van der Waals surface area contributed by atoms with E-state index in [1.54, 1.807) is 44.2 Å². The Hall–Kier alpha value is -4.68. The Morgan fingerprint density at radius 2 is 1.71 bits per heavy atom. The highest BCUT2D eigenvalue weighted by molar-refractivity contribution is 7.91. The van der Waals surface area contributed by atoms with Gasteiger partial charge in [0.2, 0.25) is 39.2 Å². The van der Waals surface area contributed by atoms with E-state index in [4.69, 9.17) is 14.2 Å². The molecule has 0 unspecified atom stereocenters. The topological polar surface area (TPSA) is 195 Å². The van der Waals surface area contributed by atoms with Gasteiger partial charge >= 0.3 is 12.3 Å². The molecule has 6 rings (SSSR count). The first-order valence-electron chi connectivity index (χ1n) is 19.8. The highest BCUT2D eigenvalue weighted by Gasteiger charge is 2.62. The van der Waals surface area contributed by atoms with Crippen LogP contribution in [-0.4, -0.2) is 101 Å². The van der Waals surface area contributed by atoms with E-state index in [-0.39, 0.29) is 37.1 Å². The zero-order valence-corrected chi connectivity index (χ0v) is 34.0. The lowest BCUT2D eigenvalue weighted by atomic mass is 9.85. The predicted molar refractivity (Wildman–Crippen MR) is 204 cm³/mol. The number of rotatable bonds is 10. The van der Waals surface area contributed by atoms with Gasteiger partial charge in [-0.05, 0) is 83.3 Å². The number of sulfonamides is 1. The van der Waals surface area contributed by atoms with Gasteiger partial charge in [0.25, 0.3) is 5.91 Å². The Bertz CT molecular complexity index is 2050. The summed E-state index contributed by atoms with van der Waals surface area (Å²) in [7, 11) is -3.99. The molecule has 2 saturated carbocycles. The SMILES string of the molecule is CCOc1nnc(O[C@@H]2C[C@H]3C(=O)N[C@]4(C(=O)NS(=O)(=O)C5CC5)C[C@H]4/C=C\CC[C@@H](C)C[C@@H](CC)[C@H](NC(=O)OC(C)(C)C(F)(F)F)C(=O)N3C2)c2ccccc12. The minimum absolute atomic E-state index is 0.0351. The Labute approximate surface area is 335 Å². The third-order valence-corrected chi connectivity index (χ3v) is 13.3. The van der Waals surface area contributed by atoms with Crippen molar-refractivity contribution in [2.75, 3.05) is 13.2 Å². The third-order valence-electron chi connectivity index (χ3n) is 11.5. The Morgan fingerprint density at radius 1 is 1.03 bits per heavy atom. The molecule has 2 aliphatic carbocycles. The number of hydrogen-bond acceptors (Lipinski definition) is 11. The van der Waals surface area contributed by atoms with Gasteiger partial charge in [0.15, 0.2) is 0 Å². The minimum Gasteiger partial charge on any atom is -0.476 e. The van der Waals surface area contributed by atoms with Crippen LogP contribution in [0, 0.1) is 17.8 Å². The van der Waals surface area contributed by atoms with Crippen molar-refractivity contribution in [3.63, 3.8) is 0 Å². The molecule has 0 radical (unpaired) electrons. The van der Waals surface area contributed by atoms with Crippen LogP contribution >= 0.6 is 0 Å². The zero-order chi connectivity index (χ0) is 42.2. The number of allylic oxidation sites excluding steroid dienone is 1. The molecule has 0 bridgehead atoms. The number of alkyl halides is 3. The molecule has 1 aromatic heterocycles. The number of halogens is 3. The highest BCUT2D eigenvalue weighted by atomic mass is 32.2. The second-order valence-corrected chi connectivity index (χ2v) is 18.2. The number of hydrogen-bond donors (Lipinski definition) is 3. The first-order valence-corrected chi connectivity index (χ1v) is 21.3. The van der Waals surface area contributed by atoms with Crippen LogP contribution in [0.3, 0.4) is 0 Å². The van der Waals surface area contributed by atoms with Crippen LogP contribution < -0.4 is 24.8 Å². The first-order chi connectivity index (χ1) is 27.3. The van der Waals surface area contributed by atoms with Crippen molar-refractivity contribution < 1.29 is 55.0 Å². The maximum atomic E-state index is 14.9. The monoisotopic (exact) mass is 836 g/mol. The Morgan fingerprint density at radius 3 is 2.34 bits per heavy atom. The molecule has 3 heterocycles. The molecule has 3 fully saturated rings. The number of amides is 4. The molecule has 4 aliphatic rings. The van der Waals surface area contributed by atoms with Crippen molar-refractivity contribution in [3.05, 3.63) is 36.4 Å². The van der Waals surface area contributed by atoms with E-state index < -0.39 is 86.4 Å². The maximum Gasteiger partial charge on any atom is 0.427 e. The van der Waals surface area contributed by atoms with Crippen LogP contribution in [0.15, 0.2) is 36.4 Å². The molecule has 0 spiro atoms. The second-order valence-electron chi connectivity index (χ2n) is 16.3. The smallest absolute Gasteiger partial charge is 0.427 e. The van der Waals surface area contributed by atoms with Crippen molar-refractivity contribution in [1.82, 2.24) is 30.5 Å². The second kappa shape index (κ2) is 16.5. The minimum atomic E-state index is -4.92. The summed E-state index contributed by atoms with van der Waals surface area (Å²) in [4.78, 5) is 57.6. The quantitative estimate of drug-likeness (QED) is 0.281. The van der Waals surface area contributed by atoms with Crippen molar-refractivity contribution in [2.24, 2.45) is 17.8 Å². The lowest BCUT2D eigenvalue weighted by Gasteiger charge is -2.35. The molecule has 1 aromatic carbocycles. The lowest BCUT2D eigenvalue weighted by molar-refractivity contribution is -0.244. The van der Waals surface area contributed by atoms with Crippen molar-refractivity contribution in [1.29, 1.82) is 0 Å². The summed E-state index contributed by atoms with van der Waals surface area (Å²) in [5.41, 5.74) is -4.52. The van der Waals surface area contributed by atoms with E-state index >= 15 is 0 Å². The molecule has 7 atom stereocenters. The average Bonchev–Trinajstić information content (AvgIpc) is 4.08. The molecular weight excluding hydrogens is 786 g/mol. The first kappa shape index (κ1) is 42.9. The number of carbonyl (C=O) groups excluding carboxylic acids is 4. The zero-order valence-electron chi connectivity index (χ0n) is 33.1. The van der Waals surface area contributed by atoms with Gasteiger partial charge in [0, 0.05) is 12.3 Å². The summed E-state index contributed by atoms with van der Waals surface area (Å²) in [6.07, 6.45) is -0.962. The van der Waals surface area contributed by atoms with E-state index in [9.17, 15) is 40.8 Å². The van der Waals surface area contributed by atoms with E-state index in [1.807, 2.05) is 13.0 Å². The van der Waals surface area contributed by atoms with Crippen LogP contribution in [0.5, 0.6) is 11.8 Å². The average molecular weight is 837 g/mol. The fourth-order valence-corrected chi connectivity index (χ4v) is 9.07. The van der Waals surface area contributed by atoms with Gasteiger partial charge in [0.05, 0.1) is 29.2 Å². The van der Waals surface area contributed by atoms with Crippen LogP contribution in [-0.2, 0) is 29.1 Å². The van der Waals surface area contributed by atoms with Crippen LogP contribution in [0.2, 0.25) is 0 Å². The number of nitrogens with one attached hydrogen (secondary N) is 3. The molecule has 4 amide bonds. The van der Waals surface area contributed by atoms with Crippen molar-refractivity contribution in [3.8, 4) is 11.8 Å². The van der Waals surface area contributed by atoms with Crippen LogP contribution in [0.1, 0.15) is 86.0 Å². The summed E-state index contributed by atoms with van der Waals surface area (Å²) in [5.74, 6) is -3.26. The summed E-state index contributed by atoms with van der Waals surface area (Å²) in [5, 5.41) is 14.0. The molecular formula is C39H51F3N6O9S. The van der Waals surface area contributed by atoms with E-state index in [1.165, 1.54) is 4.90 Å². The van der Waals surface area contributed by atoms with Crippen molar-refractivity contribution >= 4 is 44.6 Å². The Kier molecular flexibility index (Phi) is 12.2. The summed E-state index contributed by atoms with van der Waals surface area (Å²) < 4.78 is 86.1. The molecule has 19 heteroatoms. The van der Waals surface area contributed by atoms with Gasteiger partial charge in [-0.15, -0.1) is 10.2 Å². The molecule has 318 valence electrons. The van der Waals surface area contributed by atoms with Gasteiger partial charge in [-0.1, -0.05) is 44.6 Å². The van der Waals surface area contributed by atoms with E-state index in [0.29, 0.717) is 69.8 Å². The van der Waals surface area contributed by atoms with Crippen molar-refractivity contribution in [2.45, 2.75) is 127 Å². The predicted octanol–water partition coefficient (Wildman–Crippen LogP) is 4.70. The number of benzene rings is 1.